The number of anilines is 1. The van der Waals surface area contributed by atoms with Crippen molar-refractivity contribution in [1.29, 1.82) is 0 Å². The number of nitrogens with one attached hydrogen (secondary N) is 1. The molecule has 1 aromatic carbocycles. The number of aryl methyl sites for hydroxylation is 1. The second-order valence-corrected chi connectivity index (χ2v) is 10.7. The maximum Gasteiger partial charge on any atom is 0.251 e. The zero-order chi connectivity index (χ0) is 22.2. The maximum absolute atomic E-state index is 13.0. The van der Waals surface area contributed by atoms with Crippen molar-refractivity contribution in [3.63, 3.8) is 0 Å². The number of fused-ring (bicyclic) bond motifs is 2. The molecule has 1 aliphatic heterocycles. The van der Waals surface area contributed by atoms with Crippen molar-refractivity contribution in [3.8, 4) is 0 Å². The third kappa shape index (κ3) is 4.17. The highest BCUT2D eigenvalue weighted by atomic mass is 32.1. The molecule has 1 fully saturated rings. The molecule has 3 heterocycles. The highest BCUT2D eigenvalue weighted by Gasteiger charge is 2.30. The van der Waals surface area contributed by atoms with E-state index in [2.05, 4.69) is 27.2 Å². The van der Waals surface area contributed by atoms with Gasteiger partial charge in [0.25, 0.3) is 5.91 Å². The number of benzene rings is 1. The Hall–Kier alpha value is -2.33. The van der Waals surface area contributed by atoms with E-state index in [1.165, 1.54) is 20.9 Å². The molecular formula is C23H27N5O2S2. The molecule has 9 heteroatoms. The predicted octanol–water partition coefficient (Wildman–Crippen LogP) is 3.09. The van der Waals surface area contributed by atoms with Crippen LogP contribution in [0.5, 0.6) is 0 Å². The molecule has 0 spiro atoms. The molecule has 0 bridgehead atoms. The molecule has 1 saturated heterocycles. The average molecular weight is 470 g/mol. The Balaban J connectivity index is 1.18. The fraction of sp³-hybridized carbons (Fsp3) is 0.435. The van der Waals surface area contributed by atoms with Gasteiger partial charge in [-0.05, 0) is 43.9 Å². The first-order valence-electron chi connectivity index (χ1n) is 11.1. The number of carbonyl (C=O) groups is 2. The van der Waals surface area contributed by atoms with Gasteiger partial charge >= 0.3 is 0 Å². The van der Waals surface area contributed by atoms with Gasteiger partial charge in [0.05, 0.1) is 28.4 Å². The van der Waals surface area contributed by atoms with Crippen molar-refractivity contribution < 1.29 is 9.59 Å². The number of hydrogen-bond acceptors (Lipinski definition) is 7. The van der Waals surface area contributed by atoms with Crippen molar-refractivity contribution in [2.24, 2.45) is 5.73 Å². The molecule has 168 valence electrons. The van der Waals surface area contributed by atoms with Gasteiger partial charge in [0.15, 0.2) is 0 Å². The molecule has 5 rings (SSSR count). The predicted molar refractivity (Wildman–Crippen MR) is 129 cm³/mol. The van der Waals surface area contributed by atoms with Gasteiger partial charge in [-0.25, -0.2) is 4.98 Å². The minimum Gasteiger partial charge on any atom is -0.365 e. The van der Waals surface area contributed by atoms with Crippen molar-refractivity contribution in [1.82, 2.24) is 14.8 Å². The van der Waals surface area contributed by atoms with Gasteiger partial charge in [-0.3, -0.25) is 19.4 Å². The van der Waals surface area contributed by atoms with E-state index in [-0.39, 0.29) is 11.9 Å². The number of nitrogens with zero attached hydrogens (tertiary/aromatic N) is 3. The third-order valence-electron chi connectivity index (χ3n) is 6.44. The summed E-state index contributed by atoms with van der Waals surface area (Å²) in [5.74, 6) is -0.525. The largest absolute Gasteiger partial charge is 0.365 e. The third-order valence-corrected chi connectivity index (χ3v) is 8.66. The van der Waals surface area contributed by atoms with Crippen LogP contribution in [0.3, 0.4) is 0 Å². The second-order valence-electron chi connectivity index (χ2n) is 8.48. The van der Waals surface area contributed by atoms with Gasteiger partial charge in [-0.2, -0.15) is 0 Å². The fourth-order valence-corrected chi connectivity index (χ4v) is 6.93. The molecule has 2 aromatic heterocycles. The van der Waals surface area contributed by atoms with Crippen LogP contribution in [0.1, 0.15) is 39.2 Å². The summed E-state index contributed by atoms with van der Waals surface area (Å²) in [7, 11) is 0. The molecule has 1 atom stereocenters. The number of carbonyl (C=O) groups excluding carboxylic acids is 2. The molecule has 7 nitrogen and oxygen atoms in total. The zero-order valence-electron chi connectivity index (χ0n) is 18.1. The summed E-state index contributed by atoms with van der Waals surface area (Å²) in [6.45, 7) is 6.22. The first-order chi connectivity index (χ1) is 15.5. The lowest BCUT2D eigenvalue weighted by molar-refractivity contribution is -0.121. The van der Waals surface area contributed by atoms with Gasteiger partial charge < -0.3 is 11.1 Å². The number of thiophene rings is 1. The number of hydrogen-bond donors (Lipinski definition) is 2. The van der Waals surface area contributed by atoms with Gasteiger partial charge in [-0.15, -0.1) is 22.7 Å². The first-order valence-corrected chi connectivity index (χ1v) is 12.7. The van der Waals surface area contributed by atoms with E-state index in [9.17, 15) is 9.59 Å². The van der Waals surface area contributed by atoms with Crippen molar-refractivity contribution in [2.75, 3.05) is 31.5 Å². The quantitative estimate of drug-likeness (QED) is 0.579. The molecule has 3 aromatic rings. The lowest BCUT2D eigenvalue weighted by Crippen LogP contribution is -2.52. The number of amides is 2. The number of aromatic nitrogens is 1. The van der Waals surface area contributed by atoms with Crippen LogP contribution in [0.4, 0.5) is 5.00 Å². The van der Waals surface area contributed by atoms with Crippen molar-refractivity contribution >= 4 is 49.7 Å². The topological polar surface area (TPSA) is 91.6 Å². The van der Waals surface area contributed by atoms with Crippen LogP contribution >= 0.6 is 22.7 Å². The van der Waals surface area contributed by atoms with E-state index in [0.29, 0.717) is 10.6 Å². The molecule has 0 radical (unpaired) electrons. The number of thiazole rings is 1. The Morgan fingerprint density at radius 3 is 2.69 bits per heavy atom. The monoisotopic (exact) mass is 469 g/mol. The fourth-order valence-electron chi connectivity index (χ4n) is 4.62. The Kier molecular flexibility index (Phi) is 5.98. The van der Waals surface area contributed by atoms with Gasteiger partial charge in [0, 0.05) is 31.1 Å². The number of piperazine rings is 1. The van der Waals surface area contributed by atoms with Crippen molar-refractivity contribution in [3.05, 3.63) is 45.3 Å². The Bertz CT molecular complexity index is 1130. The van der Waals surface area contributed by atoms with E-state index in [0.717, 1.165) is 68.1 Å². The maximum atomic E-state index is 13.0. The van der Waals surface area contributed by atoms with E-state index in [1.807, 2.05) is 19.1 Å². The van der Waals surface area contributed by atoms with Crippen LogP contribution in [0.2, 0.25) is 0 Å². The number of para-hydroxylation sites is 1. The summed E-state index contributed by atoms with van der Waals surface area (Å²) >= 11 is 3.26. The number of rotatable bonds is 6. The SMILES string of the molecule is C[C@@H](C(=O)Nc1sc2c(c1C(N)=O)CCC2)N1CCN(Cc2nc3ccccc3s2)CC1. The Morgan fingerprint density at radius 2 is 1.94 bits per heavy atom. The van der Waals surface area contributed by atoms with Crippen LogP contribution in [0, 0.1) is 0 Å². The highest BCUT2D eigenvalue weighted by Crippen LogP contribution is 2.39. The second kappa shape index (κ2) is 8.90. The van der Waals surface area contributed by atoms with E-state index in [1.54, 1.807) is 11.3 Å². The van der Waals surface area contributed by atoms with Gasteiger partial charge in [0.1, 0.15) is 10.0 Å². The summed E-state index contributed by atoms with van der Waals surface area (Å²) in [4.78, 5) is 35.5. The molecule has 2 amide bonds. The van der Waals surface area contributed by atoms with Crippen LogP contribution in [0.25, 0.3) is 10.2 Å². The molecule has 1 aliphatic carbocycles. The minimum absolute atomic E-state index is 0.0768. The lowest BCUT2D eigenvalue weighted by Gasteiger charge is -2.37. The lowest BCUT2D eigenvalue weighted by atomic mass is 10.1. The van der Waals surface area contributed by atoms with Crippen LogP contribution in [0.15, 0.2) is 24.3 Å². The Morgan fingerprint density at radius 1 is 1.16 bits per heavy atom. The van der Waals surface area contributed by atoms with E-state index >= 15 is 0 Å². The van der Waals surface area contributed by atoms with Gasteiger partial charge in [-0.1, -0.05) is 12.1 Å². The average Bonchev–Trinajstić information content (AvgIpc) is 3.47. The zero-order valence-corrected chi connectivity index (χ0v) is 19.7. The smallest absolute Gasteiger partial charge is 0.251 e. The molecule has 2 aliphatic rings. The molecular weight excluding hydrogens is 442 g/mol. The molecule has 32 heavy (non-hydrogen) atoms. The summed E-state index contributed by atoms with van der Waals surface area (Å²) in [5.41, 5.74) is 8.24. The summed E-state index contributed by atoms with van der Waals surface area (Å²) in [6.07, 6.45) is 2.88. The Labute approximate surface area is 195 Å². The van der Waals surface area contributed by atoms with E-state index < -0.39 is 5.91 Å². The normalized spacial score (nSPS) is 18.0. The summed E-state index contributed by atoms with van der Waals surface area (Å²) in [5, 5.41) is 4.75. The number of primary amides is 1. The highest BCUT2D eigenvalue weighted by molar-refractivity contribution is 7.18. The molecule has 0 saturated carbocycles. The van der Waals surface area contributed by atoms with Gasteiger partial charge in [0.2, 0.25) is 5.91 Å². The summed E-state index contributed by atoms with van der Waals surface area (Å²) in [6, 6.07) is 7.97. The summed E-state index contributed by atoms with van der Waals surface area (Å²) < 4.78 is 1.22. The van der Waals surface area contributed by atoms with Crippen LogP contribution in [-0.4, -0.2) is 58.8 Å². The standard InChI is InChI=1S/C23H27N5O2S2/c1-14(22(30)26-23-20(21(24)29)15-5-4-8-17(15)32-23)28-11-9-27(10-12-28)13-19-25-16-6-2-3-7-18(16)31-19/h2-3,6-7,14H,4-5,8-13H2,1H3,(H2,24,29)(H,26,30)/t14-/m0/s1. The first kappa shape index (κ1) is 21.5. The van der Waals surface area contributed by atoms with E-state index in [4.69, 9.17) is 10.7 Å². The molecule has 0 unspecified atom stereocenters. The number of nitrogens with two attached hydrogens (primary N) is 1. The molecule has 3 N–H and O–H groups in total. The van der Waals surface area contributed by atoms with Crippen LogP contribution in [-0.2, 0) is 24.2 Å². The van der Waals surface area contributed by atoms with Crippen molar-refractivity contribution in [2.45, 2.75) is 38.8 Å². The van der Waals surface area contributed by atoms with Crippen LogP contribution < -0.4 is 11.1 Å². The minimum atomic E-state index is -0.448.